The molecular formula is C14H19BrN2O2. The predicted molar refractivity (Wildman–Crippen MR) is 77.5 cm³/mol. The van der Waals surface area contributed by atoms with Gasteiger partial charge in [-0.2, -0.15) is 0 Å². The first-order valence-electron chi connectivity index (χ1n) is 6.57. The van der Waals surface area contributed by atoms with Gasteiger partial charge in [0.1, 0.15) is 0 Å². The number of amides is 1. The van der Waals surface area contributed by atoms with E-state index < -0.39 is 0 Å². The molecule has 5 heteroatoms. The molecule has 0 radical (unpaired) electrons. The molecule has 1 aliphatic rings. The van der Waals surface area contributed by atoms with Crippen molar-refractivity contribution in [3.05, 3.63) is 34.3 Å². The van der Waals surface area contributed by atoms with Crippen LogP contribution < -0.4 is 5.90 Å². The van der Waals surface area contributed by atoms with E-state index in [1.807, 2.05) is 29.2 Å². The Morgan fingerprint density at radius 1 is 1.42 bits per heavy atom. The Morgan fingerprint density at radius 3 is 2.79 bits per heavy atom. The number of nitrogens with two attached hydrogens (primary N) is 1. The highest BCUT2D eigenvalue weighted by molar-refractivity contribution is 9.10. The van der Waals surface area contributed by atoms with Gasteiger partial charge in [0.2, 0.25) is 0 Å². The van der Waals surface area contributed by atoms with E-state index in [4.69, 9.17) is 5.90 Å². The number of hydrogen-bond donors (Lipinski definition) is 1. The topological polar surface area (TPSA) is 55.6 Å². The van der Waals surface area contributed by atoms with E-state index in [-0.39, 0.29) is 5.91 Å². The maximum atomic E-state index is 12.3. The van der Waals surface area contributed by atoms with Crippen LogP contribution in [0.1, 0.15) is 29.6 Å². The molecule has 104 valence electrons. The fourth-order valence-corrected chi connectivity index (χ4v) is 2.86. The Bertz CT molecular complexity index is 431. The molecule has 1 heterocycles. The number of benzene rings is 1. The molecule has 0 spiro atoms. The number of rotatable bonds is 4. The van der Waals surface area contributed by atoms with E-state index >= 15 is 0 Å². The average molecular weight is 327 g/mol. The second-order valence-electron chi connectivity index (χ2n) is 4.91. The lowest BCUT2D eigenvalue weighted by molar-refractivity contribution is 0.0651. The molecule has 1 saturated heterocycles. The molecule has 1 aromatic rings. The summed E-state index contributed by atoms with van der Waals surface area (Å²) in [6, 6.07) is 7.55. The summed E-state index contributed by atoms with van der Waals surface area (Å²) in [6.07, 6.45) is 3.04. The van der Waals surface area contributed by atoms with Crippen LogP contribution in [0.2, 0.25) is 0 Å². The van der Waals surface area contributed by atoms with E-state index in [9.17, 15) is 4.79 Å². The maximum absolute atomic E-state index is 12.3. The van der Waals surface area contributed by atoms with Gasteiger partial charge in [0, 0.05) is 23.1 Å². The Morgan fingerprint density at radius 2 is 2.16 bits per heavy atom. The highest BCUT2D eigenvalue weighted by Gasteiger charge is 2.23. The lowest BCUT2D eigenvalue weighted by atomic mass is 9.93. The lowest BCUT2D eigenvalue weighted by Crippen LogP contribution is -2.38. The molecule has 4 nitrogen and oxygen atoms in total. The molecule has 1 amide bonds. The molecule has 1 aliphatic heterocycles. The van der Waals surface area contributed by atoms with Crippen molar-refractivity contribution in [2.24, 2.45) is 11.8 Å². The van der Waals surface area contributed by atoms with Crippen LogP contribution in [-0.2, 0) is 4.84 Å². The molecule has 1 fully saturated rings. The summed E-state index contributed by atoms with van der Waals surface area (Å²) >= 11 is 3.40. The smallest absolute Gasteiger partial charge is 0.253 e. The summed E-state index contributed by atoms with van der Waals surface area (Å²) in [4.78, 5) is 18.9. The third-order valence-corrected chi connectivity index (χ3v) is 4.11. The van der Waals surface area contributed by atoms with E-state index in [0.717, 1.165) is 42.4 Å². The molecule has 1 aromatic carbocycles. The number of hydrogen-bond acceptors (Lipinski definition) is 3. The lowest BCUT2D eigenvalue weighted by Gasteiger charge is -2.32. The standard InChI is InChI=1S/C14H19BrN2O2/c15-13-3-1-2-12(10-13)14(18)17-7-4-11(5-8-17)6-9-19-16/h1-3,10-11H,4-9,16H2. The number of halogens is 1. The molecule has 2 rings (SSSR count). The van der Waals surface area contributed by atoms with E-state index in [1.165, 1.54) is 0 Å². The van der Waals surface area contributed by atoms with Crippen molar-refractivity contribution in [3.8, 4) is 0 Å². The van der Waals surface area contributed by atoms with E-state index in [0.29, 0.717) is 12.5 Å². The minimum Gasteiger partial charge on any atom is -0.339 e. The minimum atomic E-state index is 0.120. The Kier molecular flexibility index (Phi) is 5.36. The Labute approximate surface area is 122 Å². The van der Waals surface area contributed by atoms with Crippen LogP contribution in [0.4, 0.5) is 0 Å². The van der Waals surface area contributed by atoms with Gasteiger partial charge in [0.15, 0.2) is 0 Å². The van der Waals surface area contributed by atoms with Crippen molar-refractivity contribution in [2.45, 2.75) is 19.3 Å². The SMILES string of the molecule is NOCCC1CCN(C(=O)c2cccc(Br)c2)CC1. The molecule has 0 aromatic heterocycles. The highest BCUT2D eigenvalue weighted by Crippen LogP contribution is 2.22. The maximum Gasteiger partial charge on any atom is 0.253 e. The van der Waals surface area contributed by atoms with Crippen LogP contribution in [0.15, 0.2) is 28.7 Å². The fourth-order valence-electron chi connectivity index (χ4n) is 2.46. The van der Waals surface area contributed by atoms with Crippen molar-refractivity contribution >= 4 is 21.8 Å². The zero-order chi connectivity index (χ0) is 13.7. The largest absolute Gasteiger partial charge is 0.339 e. The van der Waals surface area contributed by atoms with Crippen molar-refractivity contribution in [1.29, 1.82) is 0 Å². The van der Waals surface area contributed by atoms with Crippen molar-refractivity contribution in [2.75, 3.05) is 19.7 Å². The van der Waals surface area contributed by atoms with Crippen LogP contribution in [0.3, 0.4) is 0 Å². The van der Waals surface area contributed by atoms with Gasteiger partial charge in [-0.15, -0.1) is 0 Å². The van der Waals surface area contributed by atoms with Gasteiger partial charge in [-0.1, -0.05) is 22.0 Å². The summed E-state index contributed by atoms with van der Waals surface area (Å²) < 4.78 is 0.938. The van der Waals surface area contributed by atoms with Crippen LogP contribution >= 0.6 is 15.9 Å². The Hall–Kier alpha value is -0.910. The summed E-state index contributed by atoms with van der Waals surface area (Å²) in [6.45, 7) is 2.24. The van der Waals surface area contributed by atoms with Crippen LogP contribution in [0.5, 0.6) is 0 Å². The van der Waals surface area contributed by atoms with Crippen LogP contribution in [0, 0.1) is 5.92 Å². The number of piperidine rings is 1. The number of carbonyl (C=O) groups excluding carboxylic acids is 1. The minimum absolute atomic E-state index is 0.120. The van der Waals surface area contributed by atoms with Crippen molar-refractivity contribution < 1.29 is 9.63 Å². The van der Waals surface area contributed by atoms with Crippen LogP contribution in [0.25, 0.3) is 0 Å². The molecule has 2 N–H and O–H groups in total. The van der Waals surface area contributed by atoms with Gasteiger partial charge in [0.05, 0.1) is 6.61 Å². The van der Waals surface area contributed by atoms with Crippen molar-refractivity contribution in [1.82, 2.24) is 4.90 Å². The van der Waals surface area contributed by atoms with Crippen molar-refractivity contribution in [3.63, 3.8) is 0 Å². The normalized spacial score (nSPS) is 16.6. The van der Waals surface area contributed by atoms with Gasteiger partial charge in [0.25, 0.3) is 5.91 Å². The Balaban J connectivity index is 1.89. The summed E-state index contributed by atoms with van der Waals surface area (Å²) in [5.41, 5.74) is 0.748. The molecule has 0 unspecified atom stereocenters. The molecule has 0 saturated carbocycles. The predicted octanol–water partition coefficient (Wildman–Crippen LogP) is 2.58. The highest BCUT2D eigenvalue weighted by atomic mass is 79.9. The molecule has 0 aliphatic carbocycles. The van der Waals surface area contributed by atoms with Gasteiger partial charge >= 0.3 is 0 Å². The zero-order valence-corrected chi connectivity index (χ0v) is 12.4. The second-order valence-corrected chi connectivity index (χ2v) is 5.82. The first-order chi connectivity index (χ1) is 9.20. The summed E-state index contributed by atoms with van der Waals surface area (Å²) in [5, 5.41) is 0. The van der Waals surface area contributed by atoms with Gasteiger partial charge in [-0.3, -0.25) is 4.79 Å². The summed E-state index contributed by atoms with van der Waals surface area (Å²) in [7, 11) is 0. The first kappa shape index (κ1) is 14.5. The average Bonchev–Trinajstić information content (AvgIpc) is 2.45. The van der Waals surface area contributed by atoms with Gasteiger partial charge in [-0.25, -0.2) is 5.90 Å². The number of likely N-dealkylation sites (tertiary alicyclic amines) is 1. The molecule has 19 heavy (non-hydrogen) atoms. The van der Waals surface area contributed by atoms with E-state index in [1.54, 1.807) is 0 Å². The molecule has 0 atom stereocenters. The number of nitrogens with zero attached hydrogens (tertiary/aromatic N) is 1. The van der Waals surface area contributed by atoms with Gasteiger partial charge < -0.3 is 9.74 Å². The summed E-state index contributed by atoms with van der Waals surface area (Å²) in [5.74, 6) is 5.78. The van der Waals surface area contributed by atoms with Gasteiger partial charge in [-0.05, 0) is 43.4 Å². The monoisotopic (exact) mass is 326 g/mol. The zero-order valence-electron chi connectivity index (χ0n) is 10.8. The van der Waals surface area contributed by atoms with E-state index in [2.05, 4.69) is 20.8 Å². The second kappa shape index (κ2) is 7.03. The quantitative estimate of drug-likeness (QED) is 0.865. The number of carbonyl (C=O) groups is 1. The molecular weight excluding hydrogens is 308 g/mol. The fraction of sp³-hybridized carbons (Fsp3) is 0.500. The third kappa shape index (κ3) is 4.03. The molecule has 0 bridgehead atoms. The third-order valence-electron chi connectivity index (χ3n) is 3.62. The van der Waals surface area contributed by atoms with Crippen LogP contribution in [-0.4, -0.2) is 30.5 Å². The first-order valence-corrected chi connectivity index (χ1v) is 7.36.